The Morgan fingerprint density at radius 2 is 2.27 bits per heavy atom. The van der Waals surface area contributed by atoms with Crippen LogP contribution in [-0.2, 0) is 4.74 Å². The molecule has 0 spiro atoms. The van der Waals surface area contributed by atoms with Gasteiger partial charge in [0, 0.05) is 6.04 Å². The summed E-state index contributed by atoms with van der Waals surface area (Å²) >= 11 is 1.71. The van der Waals surface area contributed by atoms with Gasteiger partial charge in [0.15, 0.2) is 0 Å². The molecule has 0 saturated carbocycles. The molecule has 0 aromatic carbocycles. The minimum Gasteiger partial charge on any atom is -0.378 e. The monoisotopic (exact) mass is 176 g/mol. The summed E-state index contributed by atoms with van der Waals surface area (Å²) in [7, 11) is 0. The van der Waals surface area contributed by atoms with Gasteiger partial charge in [0.05, 0.1) is 18.0 Å². The fourth-order valence-electron chi connectivity index (χ4n) is 0.863. The summed E-state index contributed by atoms with van der Waals surface area (Å²) in [5.74, 6) is 0. The van der Waals surface area contributed by atoms with E-state index in [1.807, 2.05) is 0 Å². The van der Waals surface area contributed by atoms with Gasteiger partial charge in [-0.05, 0) is 20.8 Å². The Labute approximate surface area is 72.4 Å². The molecule has 1 saturated heterocycles. The number of nitrogens with one attached hydrogen (secondary N) is 2. The highest BCUT2D eigenvalue weighted by Gasteiger charge is 2.23. The average molecular weight is 176 g/mol. The van der Waals surface area contributed by atoms with Crippen LogP contribution in [-0.4, -0.2) is 24.0 Å². The molecule has 2 N–H and O–H groups in total. The average Bonchev–Trinajstić information content (AvgIpc) is 2.31. The van der Waals surface area contributed by atoms with Crippen molar-refractivity contribution < 1.29 is 4.74 Å². The molecule has 1 rings (SSSR count). The highest BCUT2D eigenvalue weighted by Crippen LogP contribution is 2.16. The van der Waals surface area contributed by atoms with Crippen LogP contribution in [0.5, 0.6) is 0 Å². The Balaban J connectivity index is 2.15. The lowest BCUT2D eigenvalue weighted by atomic mass is 10.2. The van der Waals surface area contributed by atoms with Crippen molar-refractivity contribution in [1.82, 2.24) is 10.3 Å². The normalized spacial score (nSPS) is 31.6. The van der Waals surface area contributed by atoms with E-state index in [0.717, 1.165) is 6.61 Å². The van der Waals surface area contributed by atoms with Crippen LogP contribution >= 0.6 is 11.9 Å². The molecule has 11 heavy (non-hydrogen) atoms. The van der Waals surface area contributed by atoms with E-state index in [2.05, 4.69) is 31.0 Å². The van der Waals surface area contributed by atoms with Crippen molar-refractivity contribution in [3.63, 3.8) is 0 Å². The van der Waals surface area contributed by atoms with E-state index >= 15 is 0 Å². The fraction of sp³-hybridized carbons (Fsp3) is 1.00. The van der Waals surface area contributed by atoms with Crippen LogP contribution in [0.1, 0.15) is 20.8 Å². The fourth-order valence-corrected chi connectivity index (χ4v) is 1.69. The van der Waals surface area contributed by atoms with Gasteiger partial charge in [-0.1, -0.05) is 11.9 Å². The van der Waals surface area contributed by atoms with Gasteiger partial charge in [-0.2, -0.15) is 0 Å². The first-order valence-corrected chi connectivity index (χ1v) is 4.86. The molecule has 0 radical (unpaired) electrons. The second kappa shape index (κ2) is 4.30. The predicted molar refractivity (Wildman–Crippen MR) is 48.2 cm³/mol. The molecular weight excluding hydrogens is 160 g/mol. The van der Waals surface area contributed by atoms with Crippen molar-refractivity contribution in [2.45, 2.75) is 38.2 Å². The molecule has 2 atom stereocenters. The first kappa shape index (κ1) is 9.32. The van der Waals surface area contributed by atoms with Crippen LogP contribution in [0.15, 0.2) is 0 Å². The molecule has 4 heteroatoms. The summed E-state index contributed by atoms with van der Waals surface area (Å²) < 4.78 is 5.50. The molecule has 0 bridgehead atoms. The smallest absolute Gasteiger partial charge is 0.0617 e. The predicted octanol–water partition coefficient (Wildman–Crippen LogP) is 0.924. The van der Waals surface area contributed by atoms with E-state index < -0.39 is 0 Å². The van der Waals surface area contributed by atoms with Crippen molar-refractivity contribution in [3.8, 4) is 0 Å². The molecule has 66 valence electrons. The molecule has 0 aliphatic carbocycles. The third kappa shape index (κ3) is 2.99. The Hall–Kier alpha value is 0.230. The maximum Gasteiger partial charge on any atom is 0.0617 e. The van der Waals surface area contributed by atoms with Crippen molar-refractivity contribution in [2.24, 2.45) is 0 Å². The zero-order chi connectivity index (χ0) is 8.27. The second-order valence-corrected chi connectivity index (χ2v) is 4.12. The Bertz CT molecular complexity index is 121. The van der Waals surface area contributed by atoms with Crippen LogP contribution in [0.4, 0.5) is 0 Å². The van der Waals surface area contributed by atoms with Crippen LogP contribution < -0.4 is 10.3 Å². The zero-order valence-electron chi connectivity index (χ0n) is 7.26. The van der Waals surface area contributed by atoms with E-state index in [1.54, 1.807) is 11.9 Å². The number of hydrazine groups is 1. The maximum absolute atomic E-state index is 5.50. The lowest BCUT2D eigenvalue weighted by Gasteiger charge is -2.14. The van der Waals surface area contributed by atoms with Crippen molar-refractivity contribution in [1.29, 1.82) is 0 Å². The van der Waals surface area contributed by atoms with Gasteiger partial charge >= 0.3 is 0 Å². The van der Waals surface area contributed by atoms with Gasteiger partial charge in [0.2, 0.25) is 0 Å². The summed E-state index contributed by atoms with van der Waals surface area (Å²) in [6.07, 6.45) is 0.336. The SMILES string of the molecule is CC(C)OCC1SNNC1C. The molecule has 2 unspecified atom stereocenters. The van der Waals surface area contributed by atoms with Gasteiger partial charge < -0.3 is 4.74 Å². The highest BCUT2D eigenvalue weighted by atomic mass is 32.2. The van der Waals surface area contributed by atoms with Crippen LogP contribution in [0, 0.1) is 0 Å². The Morgan fingerprint density at radius 1 is 1.55 bits per heavy atom. The minimum absolute atomic E-state index is 0.336. The van der Waals surface area contributed by atoms with Crippen LogP contribution in [0.25, 0.3) is 0 Å². The summed E-state index contributed by atoms with van der Waals surface area (Å²) in [6, 6.07) is 0.499. The molecule has 3 nitrogen and oxygen atoms in total. The van der Waals surface area contributed by atoms with Gasteiger partial charge in [-0.15, -0.1) is 0 Å². The maximum atomic E-state index is 5.50. The molecule has 1 aliphatic heterocycles. The summed E-state index contributed by atoms with van der Waals surface area (Å²) in [6.45, 7) is 7.10. The molecule has 1 aliphatic rings. The first-order chi connectivity index (χ1) is 5.20. The lowest BCUT2D eigenvalue weighted by Crippen LogP contribution is -2.32. The van der Waals surface area contributed by atoms with Gasteiger partial charge in [-0.25, -0.2) is 10.3 Å². The Kier molecular flexibility index (Phi) is 3.65. The molecule has 0 aromatic heterocycles. The largest absolute Gasteiger partial charge is 0.378 e. The van der Waals surface area contributed by atoms with Crippen molar-refractivity contribution in [3.05, 3.63) is 0 Å². The Morgan fingerprint density at radius 3 is 2.73 bits per heavy atom. The number of ether oxygens (including phenoxy) is 1. The lowest BCUT2D eigenvalue weighted by molar-refractivity contribution is 0.0771. The third-order valence-corrected chi connectivity index (χ3v) is 2.73. The first-order valence-electron chi connectivity index (χ1n) is 3.98. The minimum atomic E-state index is 0.336. The van der Waals surface area contributed by atoms with Crippen molar-refractivity contribution in [2.75, 3.05) is 6.61 Å². The van der Waals surface area contributed by atoms with Crippen LogP contribution in [0.2, 0.25) is 0 Å². The second-order valence-electron chi connectivity index (χ2n) is 3.07. The van der Waals surface area contributed by atoms with E-state index in [-0.39, 0.29) is 0 Å². The van der Waals surface area contributed by atoms with Gasteiger partial charge in [0.25, 0.3) is 0 Å². The summed E-state index contributed by atoms with van der Waals surface area (Å²) in [5.41, 5.74) is 3.13. The zero-order valence-corrected chi connectivity index (χ0v) is 8.07. The standard InChI is InChI=1S/C7H16N2OS/c1-5(2)10-4-7-6(3)8-9-11-7/h5-9H,4H2,1-3H3. The number of hydrogen-bond donors (Lipinski definition) is 2. The molecular formula is C7H16N2OS. The van der Waals surface area contributed by atoms with Gasteiger partial charge in [-0.3, -0.25) is 0 Å². The molecule has 0 aromatic rings. The van der Waals surface area contributed by atoms with Crippen LogP contribution in [0.3, 0.4) is 0 Å². The number of rotatable bonds is 3. The molecule has 1 heterocycles. The van der Waals surface area contributed by atoms with Crippen molar-refractivity contribution >= 4 is 11.9 Å². The summed E-state index contributed by atoms with van der Waals surface area (Å²) in [4.78, 5) is 3.03. The molecule has 1 fully saturated rings. The molecule has 0 amide bonds. The van der Waals surface area contributed by atoms with E-state index in [4.69, 9.17) is 4.74 Å². The van der Waals surface area contributed by atoms with E-state index in [9.17, 15) is 0 Å². The highest BCUT2D eigenvalue weighted by molar-refractivity contribution is 7.98. The quantitative estimate of drug-likeness (QED) is 0.627. The topological polar surface area (TPSA) is 33.3 Å². The van der Waals surface area contributed by atoms with Gasteiger partial charge in [0.1, 0.15) is 0 Å². The number of hydrogen-bond acceptors (Lipinski definition) is 4. The van der Waals surface area contributed by atoms with E-state index in [0.29, 0.717) is 17.4 Å². The summed E-state index contributed by atoms with van der Waals surface area (Å²) in [5, 5.41) is 0.539. The van der Waals surface area contributed by atoms with E-state index in [1.165, 1.54) is 0 Å². The third-order valence-electron chi connectivity index (χ3n) is 1.65.